The number of aromatic nitrogens is 1. The summed E-state index contributed by atoms with van der Waals surface area (Å²) in [6.07, 6.45) is 4.10. The zero-order valence-corrected chi connectivity index (χ0v) is 14.6. The number of pyridine rings is 1. The Morgan fingerprint density at radius 3 is 2.50 bits per heavy atom. The number of nitrogens with one attached hydrogen (secondary N) is 1. The molecule has 0 aromatic carbocycles. The number of alkyl carbamates (subject to hydrolysis) is 1. The second-order valence-corrected chi connectivity index (χ2v) is 7.83. The van der Waals surface area contributed by atoms with Gasteiger partial charge in [0, 0.05) is 23.3 Å². The molecular weight excluding hydrogens is 308 g/mol. The number of nitrogens with zero attached hydrogens (tertiary/aromatic N) is 1. The van der Waals surface area contributed by atoms with E-state index in [1.54, 1.807) is 12.3 Å². The fourth-order valence-corrected chi connectivity index (χ4v) is 3.87. The van der Waals surface area contributed by atoms with E-state index in [1.807, 2.05) is 26.8 Å². The maximum absolute atomic E-state index is 12.0. The van der Waals surface area contributed by atoms with Gasteiger partial charge < -0.3 is 14.8 Å². The summed E-state index contributed by atoms with van der Waals surface area (Å²) in [5.41, 5.74) is 0.961. The molecule has 1 aromatic rings. The van der Waals surface area contributed by atoms with Gasteiger partial charge in [0.1, 0.15) is 5.60 Å². The highest BCUT2D eigenvalue weighted by Crippen LogP contribution is 2.59. The second-order valence-electron chi connectivity index (χ2n) is 7.83. The SMILES string of the molecule is COC(=O)c1ccc(C23CC(C2)[C@@H](NC(=O)OC(C)(C)C)C3)nc1. The molecule has 3 aliphatic carbocycles. The third-order valence-corrected chi connectivity index (χ3v) is 4.92. The molecule has 3 aliphatic rings. The molecule has 3 saturated carbocycles. The van der Waals surface area contributed by atoms with Crippen molar-refractivity contribution in [2.45, 2.75) is 57.1 Å². The number of rotatable bonds is 3. The predicted molar refractivity (Wildman–Crippen MR) is 87.8 cm³/mol. The van der Waals surface area contributed by atoms with Gasteiger partial charge in [0.05, 0.1) is 12.7 Å². The van der Waals surface area contributed by atoms with Crippen molar-refractivity contribution >= 4 is 12.1 Å². The van der Waals surface area contributed by atoms with Gasteiger partial charge in [-0.1, -0.05) is 0 Å². The van der Waals surface area contributed by atoms with Gasteiger partial charge in [-0.25, -0.2) is 9.59 Å². The first-order chi connectivity index (χ1) is 11.2. The van der Waals surface area contributed by atoms with E-state index in [0.29, 0.717) is 11.5 Å². The minimum absolute atomic E-state index is 0.0129. The summed E-state index contributed by atoms with van der Waals surface area (Å²) in [6.45, 7) is 5.57. The van der Waals surface area contributed by atoms with Gasteiger partial charge in [-0.15, -0.1) is 0 Å². The first-order valence-electron chi connectivity index (χ1n) is 8.27. The number of hydrogen-bond acceptors (Lipinski definition) is 5. The van der Waals surface area contributed by atoms with E-state index in [2.05, 4.69) is 10.3 Å². The molecule has 6 heteroatoms. The van der Waals surface area contributed by atoms with Crippen molar-refractivity contribution in [3.8, 4) is 0 Å². The summed E-state index contributed by atoms with van der Waals surface area (Å²) in [5.74, 6) is 0.0912. The fraction of sp³-hybridized carbons (Fsp3) is 0.611. The predicted octanol–water partition coefficient (Wildman–Crippen LogP) is 2.81. The number of methoxy groups -OCH3 is 1. The summed E-state index contributed by atoms with van der Waals surface area (Å²) in [6, 6.07) is 3.78. The van der Waals surface area contributed by atoms with Crippen LogP contribution in [0, 0.1) is 5.92 Å². The molecule has 6 nitrogen and oxygen atoms in total. The van der Waals surface area contributed by atoms with Gasteiger partial charge in [-0.3, -0.25) is 4.98 Å². The van der Waals surface area contributed by atoms with Crippen LogP contribution in [0.2, 0.25) is 0 Å². The molecule has 0 unspecified atom stereocenters. The number of carbonyl (C=O) groups excluding carboxylic acids is 2. The highest BCUT2D eigenvalue weighted by atomic mass is 16.6. The average molecular weight is 332 g/mol. The molecule has 1 atom stereocenters. The summed E-state index contributed by atoms with van der Waals surface area (Å²) in [7, 11) is 1.36. The lowest BCUT2D eigenvalue weighted by atomic mass is 9.67. The van der Waals surface area contributed by atoms with Crippen LogP contribution in [0.5, 0.6) is 0 Å². The summed E-state index contributed by atoms with van der Waals surface area (Å²) >= 11 is 0. The maximum Gasteiger partial charge on any atom is 0.407 e. The first kappa shape index (κ1) is 16.7. The topological polar surface area (TPSA) is 77.5 Å². The van der Waals surface area contributed by atoms with E-state index >= 15 is 0 Å². The van der Waals surface area contributed by atoms with Gasteiger partial charge in [0.25, 0.3) is 0 Å². The molecule has 24 heavy (non-hydrogen) atoms. The molecule has 130 valence electrons. The van der Waals surface area contributed by atoms with Crippen LogP contribution in [0.4, 0.5) is 4.79 Å². The van der Waals surface area contributed by atoms with E-state index in [1.165, 1.54) is 7.11 Å². The standard InChI is InChI=1S/C18H24N2O4/c1-17(2,3)24-16(22)20-13-9-18(7-12(13)8-18)14-6-5-11(10-19-14)15(21)23-4/h5-6,10,12-13H,7-9H2,1-4H3,(H,20,22)/t12?,13-,18?/m0/s1. The van der Waals surface area contributed by atoms with E-state index < -0.39 is 5.60 Å². The quantitative estimate of drug-likeness (QED) is 0.861. The largest absolute Gasteiger partial charge is 0.465 e. The Balaban J connectivity index is 1.64. The van der Waals surface area contributed by atoms with E-state index in [0.717, 1.165) is 25.0 Å². The molecule has 0 aliphatic heterocycles. The number of esters is 1. The number of hydrogen-bond donors (Lipinski definition) is 1. The summed E-state index contributed by atoms with van der Waals surface area (Å²) < 4.78 is 10.0. The lowest BCUT2D eigenvalue weighted by molar-refractivity contribution is 0.0493. The average Bonchev–Trinajstić information content (AvgIpc) is 2.99. The van der Waals surface area contributed by atoms with E-state index in [4.69, 9.17) is 9.47 Å². The van der Waals surface area contributed by atoms with Crippen molar-refractivity contribution in [1.82, 2.24) is 10.3 Å². The maximum atomic E-state index is 12.0. The molecule has 4 rings (SSSR count). The zero-order valence-electron chi connectivity index (χ0n) is 14.6. The lowest BCUT2D eigenvalue weighted by Crippen LogP contribution is -2.40. The molecular formula is C18H24N2O4. The Labute approximate surface area is 141 Å². The molecule has 1 amide bonds. The molecule has 3 fully saturated rings. The van der Waals surface area contributed by atoms with E-state index in [-0.39, 0.29) is 23.5 Å². The van der Waals surface area contributed by atoms with Crippen molar-refractivity contribution in [2.24, 2.45) is 5.92 Å². The molecule has 1 N–H and O–H groups in total. The van der Waals surface area contributed by atoms with Crippen molar-refractivity contribution in [3.63, 3.8) is 0 Å². The van der Waals surface area contributed by atoms with Gasteiger partial charge in [0.2, 0.25) is 0 Å². The number of carbonyl (C=O) groups is 2. The summed E-state index contributed by atoms with van der Waals surface area (Å²) in [4.78, 5) is 27.9. The number of ether oxygens (including phenoxy) is 2. The molecule has 2 bridgehead atoms. The fourth-order valence-electron chi connectivity index (χ4n) is 3.87. The van der Waals surface area contributed by atoms with Crippen LogP contribution in [0.25, 0.3) is 0 Å². The Bertz CT molecular complexity index is 642. The Morgan fingerprint density at radius 1 is 1.25 bits per heavy atom. The van der Waals surface area contributed by atoms with Crippen molar-refractivity contribution < 1.29 is 19.1 Å². The van der Waals surface area contributed by atoms with E-state index in [9.17, 15) is 9.59 Å². The highest BCUT2D eigenvalue weighted by Gasteiger charge is 2.58. The van der Waals surface area contributed by atoms with Crippen LogP contribution in [0.1, 0.15) is 56.1 Å². The Hall–Kier alpha value is -2.11. The minimum Gasteiger partial charge on any atom is -0.465 e. The smallest absolute Gasteiger partial charge is 0.407 e. The minimum atomic E-state index is -0.491. The van der Waals surface area contributed by atoms with Crippen molar-refractivity contribution in [2.75, 3.05) is 7.11 Å². The molecule has 0 spiro atoms. The van der Waals surface area contributed by atoms with Crippen molar-refractivity contribution in [3.05, 3.63) is 29.6 Å². The molecule has 1 heterocycles. The monoisotopic (exact) mass is 332 g/mol. The number of amides is 1. The third kappa shape index (κ3) is 3.09. The lowest BCUT2D eigenvalue weighted by Gasteiger charge is -2.37. The summed E-state index contributed by atoms with van der Waals surface area (Å²) in [5, 5.41) is 3.00. The normalized spacial score (nSPS) is 28.0. The van der Waals surface area contributed by atoms with Gasteiger partial charge in [-0.05, 0) is 58.1 Å². The van der Waals surface area contributed by atoms with Crippen LogP contribution in [0.15, 0.2) is 18.3 Å². The molecule has 0 saturated heterocycles. The van der Waals surface area contributed by atoms with Crippen LogP contribution in [0.3, 0.4) is 0 Å². The second kappa shape index (κ2) is 5.76. The molecule has 0 radical (unpaired) electrons. The van der Waals surface area contributed by atoms with Gasteiger partial charge in [0.15, 0.2) is 0 Å². The van der Waals surface area contributed by atoms with Crippen LogP contribution in [-0.4, -0.2) is 35.8 Å². The first-order valence-corrected chi connectivity index (χ1v) is 8.27. The third-order valence-electron chi connectivity index (χ3n) is 4.92. The van der Waals surface area contributed by atoms with Gasteiger partial charge in [-0.2, -0.15) is 0 Å². The zero-order chi connectivity index (χ0) is 17.5. The van der Waals surface area contributed by atoms with Gasteiger partial charge >= 0.3 is 12.1 Å². The Kier molecular flexibility index (Phi) is 4.01. The highest BCUT2D eigenvalue weighted by molar-refractivity contribution is 5.88. The van der Waals surface area contributed by atoms with Crippen LogP contribution < -0.4 is 5.32 Å². The Morgan fingerprint density at radius 2 is 1.96 bits per heavy atom. The van der Waals surface area contributed by atoms with Crippen LogP contribution in [-0.2, 0) is 14.9 Å². The van der Waals surface area contributed by atoms with Crippen molar-refractivity contribution in [1.29, 1.82) is 0 Å². The number of fused-ring (bicyclic) bond motifs is 1. The van der Waals surface area contributed by atoms with Crippen LogP contribution >= 0.6 is 0 Å². The molecule has 1 aromatic heterocycles.